The third-order valence-electron chi connectivity index (χ3n) is 3.48. The first-order valence-electron chi connectivity index (χ1n) is 7.02. The molecule has 6 heteroatoms. The number of rotatable bonds is 6. The van der Waals surface area contributed by atoms with Gasteiger partial charge in [-0.1, -0.05) is 24.3 Å². The molecule has 2 rings (SSSR count). The van der Waals surface area contributed by atoms with Crippen LogP contribution in [-0.4, -0.2) is 35.7 Å². The Morgan fingerprint density at radius 1 is 1.36 bits per heavy atom. The number of amides is 1. The average molecular weight is 307 g/mol. The number of carbonyl (C=O) groups is 2. The van der Waals surface area contributed by atoms with Crippen LogP contribution in [0.5, 0.6) is 0 Å². The Bertz CT molecular complexity index is 562. The Morgan fingerprint density at radius 2 is 2.09 bits per heavy atom. The summed E-state index contributed by atoms with van der Waals surface area (Å²) in [5.74, 6) is -1.54. The monoisotopic (exact) mass is 307 g/mol. The molecule has 0 radical (unpaired) electrons. The van der Waals surface area contributed by atoms with E-state index >= 15 is 0 Å². The summed E-state index contributed by atoms with van der Waals surface area (Å²) in [7, 11) is 0. The van der Waals surface area contributed by atoms with Crippen LogP contribution in [0.25, 0.3) is 6.08 Å². The highest BCUT2D eigenvalue weighted by Gasteiger charge is 2.38. The molecular weight excluding hydrogens is 289 g/mol. The van der Waals surface area contributed by atoms with Crippen LogP contribution in [-0.2, 0) is 14.3 Å². The number of carboxylic acids is 1. The first kappa shape index (κ1) is 16.2. The summed E-state index contributed by atoms with van der Waals surface area (Å²) < 4.78 is 18.0. The molecule has 1 amide bonds. The maximum atomic E-state index is 12.8. The Morgan fingerprint density at radius 3 is 2.68 bits per heavy atom. The van der Waals surface area contributed by atoms with Gasteiger partial charge in [-0.05, 0) is 24.1 Å². The third kappa shape index (κ3) is 4.66. The predicted molar refractivity (Wildman–Crippen MR) is 78.6 cm³/mol. The minimum absolute atomic E-state index is 0.124. The quantitative estimate of drug-likeness (QED) is 0.842. The summed E-state index contributed by atoms with van der Waals surface area (Å²) in [5, 5.41) is 11.7. The number of aliphatic carboxylic acids is 1. The zero-order chi connectivity index (χ0) is 16.0. The SMILES string of the molecule is O=C(O)CC1(NC(=O)C/C=C/c2ccc(F)cc2)CCOC1. The third-order valence-corrected chi connectivity index (χ3v) is 3.48. The van der Waals surface area contributed by atoms with Crippen molar-refractivity contribution in [3.63, 3.8) is 0 Å². The highest BCUT2D eigenvalue weighted by molar-refractivity contribution is 5.80. The first-order valence-corrected chi connectivity index (χ1v) is 7.02. The van der Waals surface area contributed by atoms with Crippen LogP contribution in [0.2, 0.25) is 0 Å². The normalized spacial score (nSPS) is 21.1. The van der Waals surface area contributed by atoms with Crippen molar-refractivity contribution in [2.75, 3.05) is 13.2 Å². The van der Waals surface area contributed by atoms with Crippen LogP contribution in [0.3, 0.4) is 0 Å². The van der Waals surface area contributed by atoms with E-state index in [4.69, 9.17) is 9.84 Å². The fourth-order valence-corrected chi connectivity index (χ4v) is 2.40. The molecule has 1 heterocycles. The van der Waals surface area contributed by atoms with E-state index in [1.54, 1.807) is 24.3 Å². The van der Waals surface area contributed by atoms with Crippen LogP contribution >= 0.6 is 0 Å². The number of hydrogen-bond acceptors (Lipinski definition) is 3. The average Bonchev–Trinajstić information content (AvgIpc) is 2.88. The zero-order valence-electron chi connectivity index (χ0n) is 12.0. The van der Waals surface area contributed by atoms with Gasteiger partial charge in [0, 0.05) is 13.0 Å². The number of benzene rings is 1. The lowest BCUT2D eigenvalue weighted by molar-refractivity contribution is -0.139. The predicted octanol–water partition coefficient (Wildman–Crippen LogP) is 1.98. The molecule has 1 atom stereocenters. The van der Waals surface area contributed by atoms with E-state index < -0.39 is 11.5 Å². The van der Waals surface area contributed by atoms with E-state index in [1.807, 2.05) is 0 Å². The van der Waals surface area contributed by atoms with Crippen molar-refractivity contribution < 1.29 is 23.8 Å². The molecule has 22 heavy (non-hydrogen) atoms. The number of carboxylic acid groups (broad SMARTS) is 1. The van der Waals surface area contributed by atoms with Gasteiger partial charge in [0.2, 0.25) is 5.91 Å². The van der Waals surface area contributed by atoms with Crippen molar-refractivity contribution in [3.05, 3.63) is 41.7 Å². The zero-order valence-corrected chi connectivity index (χ0v) is 12.0. The van der Waals surface area contributed by atoms with Gasteiger partial charge < -0.3 is 15.2 Å². The van der Waals surface area contributed by atoms with Crippen molar-refractivity contribution in [2.45, 2.75) is 24.8 Å². The standard InChI is InChI=1S/C16H18FNO4/c17-13-6-4-12(5-7-13)2-1-3-14(19)18-16(10-15(20)21)8-9-22-11-16/h1-2,4-7H,3,8-11H2,(H,18,19)(H,20,21)/b2-1+. The van der Waals surface area contributed by atoms with E-state index in [0.29, 0.717) is 13.0 Å². The largest absolute Gasteiger partial charge is 0.481 e. The molecule has 0 aliphatic carbocycles. The van der Waals surface area contributed by atoms with Crippen molar-refractivity contribution >= 4 is 18.0 Å². The molecule has 1 aromatic rings. The van der Waals surface area contributed by atoms with Gasteiger partial charge in [-0.3, -0.25) is 9.59 Å². The summed E-state index contributed by atoms with van der Waals surface area (Å²) in [5.41, 5.74) is -0.0224. The Labute approximate surface area is 127 Å². The second-order valence-corrected chi connectivity index (χ2v) is 5.36. The van der Waals surface area contributed by atoms with Crippen molar-refractivity contribution in [1.82, 2.24) is 5.32 Å². The summed E-state index contributed by atoms with van der Waals surface area (Å²) in [6, 6.07) is 5.91. The summed E-state index contributed by atoms with van der Waals surface area (Å²) in [6.07, 6.45) is 3.84. The number of ether oxygens (including phenoxy) is 1. The molecule has 1 fully saturated rings. The highest BCUT2D eigenvalue weighted by Crippen LogP contribution is 2.22. The molecule has 0 spiro atoms. The van der Waals surface area contributed by atoms with Crippen molar-refractivity contribution in [1.29, 1.82) is 0 Å². The molecule has 0 saturated carbocycles. The fraction of sp³-hybridized carbons (Fsp3) is 0.375. The van der Waals surface area contributed by atoms with Crippen LogP contribution in [0, 0.1) is 5.82 Å². The second kappa shape index (κ2) is 7.17. The molecule has 1 aromatic carbocycles. The van der Waals surface area contributed by atoms with Gasteiger partial charge in [-0.25, -0.2) is 4.39 Å². The van der Waals surface area contributed by atoms with Gasteiger partial charge in [-0.15, -0.1) is 0 Å². The van der Waals surface area contributed by atoms with Gasteiger partial charge >= 0.3 is 5.97 Å². The van der Waals surface area contributed by atoms with Crippen LogP contribution in [0.1, 0.15) is 24.8 Å². The van der Waals surface area contributed by atoms with Gasteiger partial charge in [0.15, 0.2) is 0 Å². The minimum atomic E-state index is -0.965. The molecule has 118 valence electrons. The van der Waals surface area contributed by atoms with Gasteiger partial charge in [-0.2, -0.15) is 0 Å². The molecule has 1 aliphatic heterocycles. The van der Waals surface area contributed by atoms with Crippen LogP contribution < -0.4 is 5.32 Å². The molecule has 2 N–H and O–H groups in total. The lowest BCUT2D eigenvalue weighted by Gasteiger charge is -2.26. The molecule has 1 unspecified atom stereocenters. The van der Waals surface area contributed by atoms with E-state index in [2.05, 4.69) is 5.32 Å². The number of hydrogen-bond donors (Lipinski definition) is 2. The van der Waals surface area contributed by atoms with Gasteiger partial charge in [0.1, 0.15) is 5.82 Å². The Balaban J connectivity index is 1.88. The lowest BCUT2D eigenvalue weighted by atomic mass is 9.94. The van der Waals surface area contributed by atoms with Crippen molar-refractivity contribution in [3.8, 4) is 0 Å². The second-order valence-electron chi connectivity index (χ2n) is 5.36. The van der Waals surface area contributed by atoms with E-state index in [9.17, 15) is 14.0 Å². The Hall–Kier alpha value is -2.21. The molecule has 1 saturated heterocycles. The first-order chi connectivity index (χ1) is 10.5. The summed E-state index contributed by atoms with van der Waals surface area (Å²) in [6.45, 7) is 0.658. The molecule has 5 nitrogen and oxygen atoms in total. The molecule has 0 bridgehead atoms. The van der Waals surface area contributed by atoms with Gasteiger partial charge in [0.25, 0.3) is 0 Å². The number of halogens is 1. The van der Waals surface area contributed by atoms with E-state index in [0.717, 1.165) is 5.56 Å². The van der Waals surface area contributed by atoms with E-state index in [1.165, 1.54) is 12.1 Å². The van der Waals surface area contributed by atoms with Crippen LogP contribution in [0.4, 0.5) is 4.39 Å². The Kier molecular flexibility index (Phi) is 5.27. The minimum Gasteiger partial charge on any atom is -0.481 e. The lowest BCUT2D eigenvalue weighted by Crippen LogP contribution is -2.50. The summed E-state index contributed by atoms with van der Waals surface area (Å²) in [4.78, 5) is 22.9. The fourth-order valence-electron chi connectivity index (χ4n) is 2.40. The summed E-state index contributed by atoms with van der Waals surface area (Å²) >= 11 is 0. The maximum Gasteiger partial charge on any atom is 0.305 e. The molecular formula is C16H18FNO4. The van der Waals surface area contributed by atoms with Gasteiger partial charge in [0.05, 0.1) is 18.6 Å². The topological polar surface area (TPSA) is 75.6 Å². The maximum absolute atomic E-state index is 12.8. The van der Waals surface area contributed by atoms with Crippen molar-refractivity contribution in [2.24, 2.45) is 0 Å². The number of carbonyl (C=O) groups excluding carboxylic acids is 1. The highest BCUT2D eigenvalue weighted by atomic mass is 19.1. The molecule has 0 aromatic heterocycles. The smallest absolute Gasteiger partial charge is 0.305 e. The number of nitrogens with one attached hydrogen (secondary N) is 1. The van der Waals surface area contributed by atoms with Crippen LogP contribution in [0.15, 0.2) is 30.3 Å². The van der Waals surface area contributed by atoms with E-state index in [-0.39, 0.29) is 31.2 Å². The molecule has 1 aliphatic rings.